The fourth-order valence-electron chi connectivity index (χ4n) is 3.18. The van der Waals surface area contributed by atoms with Crippen molar-refractivity contribution < 1.29 is 0 Å². The number of nitrogens with one attached hydrogen (secondary N) is 1. The Balaban J connectivity index is 1.80. The molecule has 2 saturated carbocycles. The summed E-state index contributed by atoms with van der Waals surface area (Å²) < 4.78 is 0.374. The maximum absolute atomic E-state index is 6.03. The van der Waals surface area contributed by atoms with Crippen LogP contribution in [0, 0.1) is 0 Å². The molecule has 0 bridgehead atoms. The Morgan fingerprint density at radius 1 is 1.22 bits per heavy atom. The summed E-state index contributed by atoms with van der Waals surface area (Å²) in [6.07, 6.45) is 14.1. The van der Waals surface area contributed by atoms with Gasteiger partial charge in [-0.05, 0) is 31.9 Å². The number of hydrogen-bond acceptors (Lipinski definition) is 2. The number of guanidine groups is 1. The molecule has 2 aliphatic rings. The van der Waals surface area contributed by atoms with Crippen molar-refractivity contribution in [1.29, 1.82) is 0 Å². The zero-order valence-corrected chi connectivity index (χ0v) is 12.4. The number of hydrogen-bond donors (Lipinski definition) is 2. The highest BCUT2D eigenvalue weighted by atomic mass is 32.2. The molecule has 0 heterocycles. The summed E-state index contributed by atoms with van der Waals surface area (Å²) in [5.41, 5.74) is 6.03. The van der Waals surface area contributed by atoms with E-state index in [0.717, 1.165) is 6.54 Å². The van der Waals surface area contributed by atoms with E-state index in [9.17, 15) is 0 Å². The van der Waals surface area contributed by atoms with Crippen molar-refractivity contribution in [3.05, 3.63) is 0 Å². The molecule has 0 spiro atoms. The number of thioether (sulfide) groups is 1. The van der Waals surface area contributed by atoms with Gasteiger partial charge in [0.15, 0.2) is 5.96 Å². The Hall–Kier alpha value is -0.380. The minimum absolute atomic E-state index is 0.374. The molecular weight excluding hydrogens is 242 g/mol. The zero-order valence-electron chi connectivity index (χ0n) is 11.6. The van der Waals surface area contributed by atoms with Crippen LogP contribution in [0.15, 0.2) is 4.99 Å². The predicted molar refractivity (Wildman–Crippen MR) is 81.2 cm³/mol. The third kappa shape index (κ3) is 3.81. The molecule has 4 heteroatoms. The lowest BCUT2D eigenvalue weighted by Gasteiger charge is -2.26. The van der Waals surface area contributed by atoms with E-state index in [1.807, 2.05) is 11.8 Å². The Kier molecular flexibility index (Phi) is 5.22. The quantitative estimate of drug-likeness (QED) is 0.609. The molecule has 0 atom stereocenters. The van der Waals surface area contributed by atoms with Gasteiger partial charge in [0.05, 0.1) is 6.54 Å². The van der Waals surface area contributed by atoms with Gasteiger partial charge in [-0.25, -0.2) is 0 Å². The second kappa shape index (κ2) is 6.69. The zero-order chi connectivity index (χ0) is 12.8. The minimum atomic E-state index is 0.374. The molecule has 3 nitrogen and oxygen atoms in total. The topological polar surface area (TPSA) is 50.4 Å². The summed E-state index contributed by atoms with van der Waals surface area (Å²) in [5, 5.41) is 3.40. The number of nitrogens with zero attached hydrogens (tertiary/aromatic N) is 1. The van der Waals surface area contributed by atoms with E-state index in [1.165, 1.54) is 57.8 Å². The summed E-state index contributed by atoms with van der Waals surface area (Å²) in [5.74, 6) is 0.669. The molecule has 2 fully saturated rings. The van der Waals surface area contributed by atoms with E-state index in [-0.39, 0.29) is 0 Å². The van der Waals surface area contributed by atoms with Gasteiger partial charge in [0.25, 0.3) is 0 Å². The summed E-state index contributed by atoms with van der Waals surface area (Å²) in [7, 11) is 0. The van der Waals surface area contributed by atoms with Crippen LogP contribution in [0.3, 0.4) is 0 Å². The van der Waals surface area contributed by atoms with Crippen molar-refractivity contribution in [3.8, 4) is 0 Å². The van der Waals surface area contributed by atoms with Crippen LogP contribution >= 0.6 is 11.8 Å². The number of nitrogens with two attached hydrogens (primary N) is 1. The molecule has 0 amide bonds. The van der Waals surface area contributed by atoms with E-state index in [2.05, 4.69) is 16.6 Å². The summed E-state index contributed by atoms with van der Waals surface area (Å²) in [6, 6.07) is 0.566. The van der Waals surface area contributed by atoms with Crippen LogP contribution < -0.4 is 11.1 Å². The summed E-state index contributed by atoms with van der Waals surface area (Å²) in [4.78, 5) is 4.61. The van der Waals surface area contributed by atoms with E-state index < -0.39 is 0 Å². The third-order valence-corrected chi connectivity index (χ3v) is 5.85. The van der Waals surface area contributed by atoms with Gasteiger partial charge in [-0.15, -0.1) is 0 Å². The molecule has 0 aromatic heterocycles. The molecule has 3 N–H and O–H groups in total. The second-order valence-electron chi connectivity index (χ2n) is 5.77. The first-order valence-electron chi connectivity index (χ1n) is 7.36. The predicted octanol–water partition coefficient (Wildman–Crippen LogP) is 2.90. The smallest absolute Gasteiger partial charge is 0.188 e. The Labute approximate surface area is 115 Å². The van der Waals surface area contributed by atoms with Gasteiger partial charge in [0, 0.05) is 10.8 Å². The maximum atomic E-state index is 6.03. The van der Waals surface area contributed by atoms with Crippen LogP contribution in [0.4, 0.5) is 0 Å². The largest absolute Gasteiger partial charge is 0.370 e. The highest BCUT2D eigenvalue weighted by Gasteiger charge is 2.32. The van der Waals surface area contributed by atoms with Crippen molar-refractivity contribution in [1.82, 2.24) is 5.32 Å². The Bertz CT molecular complexity index is 279. The first-order valence-corrected chi connectivity index (χ1v) is 8.58. The fraction of sp³-hybridized carbons (Fsp3) is 0.929. The molecule has 0 aromatic rings. The number of aliphatic imine (C=N–C) groups is 1. The van der Waals surface area contributed by atoms with Crippen molar-refractivity contribution in [2.75, 3.05) is 12.8 Å². The minimum Gasteiger partial charge on any atom is -0.370 e. The van der Waals surface area contributed by atoms with Crippen LogP contribution in [0.25, 0.3) is 0 Å². The van der Waals surface area contributed by atoms with E-state index in [4.69, 9.17) is 5.73 Å². The molecule has 0 saturated heterocycles. The first-order chi connectivity index (χ1) is 8.74. The highest BCUT2D eigenvalue weighted by Crippen LogP contribution is 2.40. The van der Waals surface area contributed by atoms with Gasteiger partial charge < -0.3 is 11.1 Å². The first kappa shape index (κ1) is 14.0. The van der Waals surface area contributed by atoms with Gasteiger partial charge in [0.1, 0.15) is 0 Å². The van der Waals surface area contributed by atoms with Gasteiger partial charge in [-0.1, -0.05) is 32.1 Å². The molecule has 2 rings (SSSR count). The molecule has 0 unspecified atom stereocenters. The average Bonchev–Trinajstić information content (AvgIpc) is 2.87. The maximum Gasteiger partial charge on any atom is 0.188 e. The lowest BCUT2D eigenvalue weighted by molar-refractivity contribution is 0.412. The van der Waals surface area contributed by atoms with Crippen LogP contribution in [0.5, 0.6) is 0 Å². The van der Waals surface area contributed by atoms with Crippen molar-refractivity contribution in [3.63, 3.8) is 0 Å². The highest BCUT2D eigenvalue weighted by molar-refractivity contribution is 8.00. The standard InChI is InChI=1S/C14H27N3S/c1-18-14(9-5-6-10-14)11-16-13(15)17-12-7-3-2-4-8-12/h12H,2-11H2,1H3,(H3,15,16,17). The fourth-order valence-corrected chi connectivity index (χ4v) is 4.07. The lowest BCUT2D eigenvalue weighted by atomic mass is 9.96. The van der Waals surface area contributed by atoms with Crippen molar-refractivity contribution in [2.24, 2.45) is 10.7 Å². The van der Waals surface area contributed by atoms with Gasteiger partial charge in [-0.2, -0.15) is 11.8 Å². The van der Waals surface area contributed by atoms with Crippen LogP contribution in [0.2, 0.25) is 0 Å². The SMILES string of the molecule is CSC1(CN=C(N)NC2CCCCC2)CCCC1. The van der Waals surface area contributed by atoms with Crippen LogP contribution in [-0.2, 0) is 0 Å². The normalized spacial score (nSPS) is 25.3. The van der Waals surface area contributed by atoms with Crippen LogP contribution in [-0.4, -0.2) is 29.5 Å². The number of rotatable bonds is 4. The molecule has 0 radical (unpaired) electrons. The van der Waals surface area contributed by atoms with Gasteiger partial charge >= 0.3 is 0 Å². The molecule has 0 aromatic carbocycles. The molecular formula is C14H27N3S. The lowest BCUT2D eigenvalue weighted by Crippen LogP contribution is -2.42. The van der Waals surface area contributed by atoms with Gasteiger partial charge in [-0.3, -0.25) is 4.99 Å². The summed E-state index contributed by atoms with van der Waals surface area (Å²) in [6.45, 7) is 0.889. The van der Waals surface area contributed by atoms with Crippen molar-refractivity contribution in [2.45, 2.75) is 68.6 Å². The second-order valence-corrected chi connectivity index (χ2v) is 7.05. The Morgan fingerprint density at radius 2 is 1.89 bits per heavy atom. The molecule has 0 aliphatic heterocycles. The molecule has 104 valence electrons. The van der Waals surface area contributed by atoms with E-state index >= 15 is 0 Å². The molecule has 18 heavy (non-hydrogen) atoms. The van der Waals surface area contributed by atoms with Crippen molar-refractivity contribution >= 4 is 17.7 Å². The molecule has 2 aliphatic carbocycles. The van der Waals surface area contributed by atoms with Crippen LogP contribution in [0.1, 0.15) is 57.8 Å². The van der Waals surface area contributed by atoms with Gasteiger partial charge in [0.2, 0.25) is 0 Å². The van der Waals surface area contributed by atoms with E-state index in [1.54, 1.807) is 0 Å². The third-order valence-electron chi connectivity index (χ3n) is 4.44. The summed E-state index contributed by atoms with van der Waals surface area (Å²) >= 11 is 1.98. The Morgan fingerprint density at radius 3 is 2.50 bits per heavy atom. The average molecular weight is 269 g/mol. The monoisotopic (exact) mass is 269 g/mol. The van der Waals surface area contributed by atoms with E-state index in [0.29, 0.717) is 16.7 Å².